The maximum Gasteiger partial charge on any atom is 0.223 e. The first-order valence-corrected chi connectivity index (χ1v) is 8.64. The minimum atomic E-state index is 0.184. The molecule has 0 amide bonds. The van der Waals surface area contributed by atoms with Crippen LogP contribution >= 0.6 is 39.5 Å². The number of fused-ring (bicyclic) bond motifs is 1. The molecule has 0 aliphatic heterocycles. The molecule has 0 aromatic carbocycles. The summed E-state index contributed by atoms with van der Waals surface area (Å²) < 4.78 is 0.843. The first kappa shape index (κ1) is 14.5. The fourth-order valence-corrected chi connectivity index (χ4v) is 3.49. The van der Waals surface area contributed by atoms with Crippen molar-refractivity contribution >= 4 is 56.6 Å². The van der Waals surface area contributed by atoms with E-state index < -0.39 is 0 Å². The molecule has 108 valence electrons. The highest BCUT2D eigenvalue weighted by Crippen LogP contribution is 2.35. The summed E-state index contributed by atoms with van der Waals surface area (Å²) in [5, 5.41) is 2.17. The van der Waals surface area contributed by atoms with Gasteiger partial charge in [-0.2, -0.15) is 4.98 Å². The molecule has 0 fully saturated rings. The summed E-state index contributed by atoms with van der Waals surface area (Å²) in [5.41, 5.74) is 7.88. The van der Waals surface area contributed by atoms with E-state index in [0.29, 0.717) is 15.8 Å². The van der Waals surface area contributed by atoms with Gasteiger partial charge in [0, 0.05) is 0 Å². The van der Waals surface area contributed by atoms with Crippen molar-refractivity contribution in [2.45, 2.75) is 22.1 Å². The van der Waals surface area contributed by atoms with Gasteiger partial charge in [0.25, 0.3) is 0 Å². The van der Waals surface area contributed by atoms with Crippen LogP contribution in [0.3, 0.4) is 0 Å². The minimum Gasteiger partial charge on any atom is -0.368 e. The van der Waals surface area contributed by atoms with Gasteiger partial charge in [-0.25, -0.2) is 19.9 Å². The van der Waals surface area contributed by atoms with Crippen molar-refractivity contribution in [1.29, 1.82) is 0 Å². The van der Waals surface area contributed by atoms with Crippen LogP contribution in [0.1, 0.15) is 5.69 Å². The van der Waals surface area contributed by atoms with Crippen LogP contribution in [0.2, 0.25) is 0 Å². The van der Waals surface area contributed by atoms with Gasteiger partial charge in [0.1, 0.15) is 15.6 Å². The van der Waals surface area contributed by atoms with Crippen LogP contribution < -0.4 is 5.73 Å². The molecule has 0 atom stereocenters. The van der Waals surface area contributed by atoms with Crippen molar-refractivity contribution in [2.24, 2.45) is 0 Å². The van der Waals surface area contributed by atoms with E-state index in [9.17, 15) is 0 Å². The fourth-order valence-electron chi connectivity index (χ4n) is 1.66. The molecule has 0 saturated heterocycles. The van der Waals surface area contributed by atoms with Gasteiger partial charge in [-0.05, 0) is 40.9 Å². The zero-order valence-electron chi connectivity index (χ0n) is 11.1. The molecule has 0 spiro atoms. The highest BCUT2D eigenvalue weighted by molar-refractivity contribution is 9.10. The van der Waals surface area contributed by atoms with Gasteiger partial charge >= 0.3 is 0 Å². The number of hydrogen-bond acceptors (Lipinski definition) is 8. The summed E-state index contributed by atoms with van der Waals surface area (Å²) in [7, 11) is 0. The number of nitrogens with zero attached hydrogens (tertiary/aromatic N) is 5. The van der Waals surface area contributed by atoms with Gasteiger partial charge < -0.3 is 10.7 Å². The first-order valence-electron chi connectivity index (χ1n) is 5.81. The number of anilines is 1. The van der Waals surface area contributed by atoms with E-state index in [2.05, 4.69) is 45.8 Å². The molecule has 0 saturated carbocycles. The van der Waals surface area contributed by atoms with Crippen LogP contribution in [-0.2, 0) is 0 Å². The molecule has 0 unspecified atom stereocenters. The van der Waals surface area contributed by atoms with Crippen LogP contribution in [0.5, 0.6) is 0 Å². The van der Waals surface area contributed by atoms with Gasteiger partial charge in [-0.1, -0.05) is 11.8 Å². The number of imidazole rings is 1. The Morgan fingerprint density at radius 3 is 2.76 bits per heavy atom. The Labute approximate surface area is 137 Å². The van der Waals surface area contributed by atoms with E-state index in [-0.39, 0.29) is 5.95 Å². The SMILES string of the molecule is CSc1nc(C)c(Br)c(Sc2nc(N)nc3nc[nH]c23)n1. The van der Waals surface area contributed by atoms with Crippen molar-refractivity contribution in [3.8, 4) is 0 Å². The molecule has 3 aromatic heterocycles. The number of halogens is 1. The molecule has 0 aliphatic carbocycles. The average Bonchev–Trinajstić information content (AvgIpc) is 2.91. The lowest BCUT2D eigenvalue weighted by Gasteiger charge is -2.07. The molecule has 3 rings (SSSR count). The van der Waals surface area contributed by atoms with E-state index >= 15 is 0 Å². The number of nitrogens with two attached hydrogens (primary N) is 1. The largest absolute Gasteiger partial charge is 0.368 e. The third-order valence-electron chi connectivity index (χ3n) is 2.61. The van der Waals surface area contributed by atoms with Crippen molar-refractivity contribution in [1.82, 2.24) is 29.9 Å². The lowest BCUT2D eigenvalue weighted by atomic mass is 10.5. The van der Waals surface area contributed by atoms with E-state index in [1.807, 2.05) is 13.2 Å². The van der Waals surface area contributed by atoms with Gasteiger partial charge in [0.15, 0.2) is 10.8 Å². The van der Waals surface area contributed by atoms with Crippen molar-refractivity contribution < 1.29 is 0 Å². The number of nitrogens with one attached hydrogen (secondary N) is 1. The summed E-state index contributed by atoms with van der Waals surface area (Å²) in [5.74, 6) is 0.184. The third kappa shape index (κ3) is 2.83. The molecular weight excluding hydrogens is 374 g/mol. The smallest absolute Gasteiger partial charge is 0.223 e. The first-order chi connectivity index (χ1) is 10.1. The van der Waals surface area contributed by atoms with Crippen LogP contribution in [0.4, 0.5) is 5.95 Å². The second-order valence-electron chi connectivity index (χ2n) is 4.01. The minimum absolute atomic E-state index is 0.184. The Morgan fingerprint density at radius 1 is 1.19 bits per heavy atom. The van der Waals surface area contributed by atoms with E-state index in [4.69, 9.17) is 5.73 Å². The van der Waals surface area contributed by atoms with E-state index in [1.54, 1.807) is 6.33 Å². The zero-order valence-corrected chi connectivity index (χ0v) is 14.3. The number of aryl methyl sites for hydroxylation is 1. The van der Waals surface area contributed by atoms with Crippen LogP contribution in [0, 0.1) is 6.92 Å². The molecule has 0 aliphatic rings. The second-order valence-corrected chi connectivity index (χ2v) is 6.55. The van der Waals surface area contributed by atoms with Gasteiger partial charge in [-0.15, -0.1) is 0 Å². The van der Waals surface area contributed by atoms with Gasteiger partial charge in [0.05, 0.1) is 16.5 Å². The number of H-pyrrole nitrogens is 1. The second kappa shape index (κ2) is 5.78. The van der Waals surface area contributed by atoms with Crippen molar-refractivity contribution in [3.05, 3.63) is 16.5 Å². The number of thioether (sulfide) groups is 1. The number of aromatic amines is 1. The lowest BCUT2D eigenvalue weighted by Crippen LogP contribution is -1.99. The highest BCUT2D eigenvalue weighted by atomic mass is 79.9. The van der Waals surface area contributed by atoms with Crippen molar-refractivity contribution in [3.63, 3.8) is 0 Å². The number of aromatic nitrogens is 6. The summed E-state index contributed by atoms with van der Waals surface area (Å²) in [6.45, 7) is 1.93. The Hall–Kier alpha value is -1.39. The predicted octanol–water partition coefficient (Wildman–Crippen LogP) is 2.67. The lowest BCUT2D eigenvalue weighted by molar-refractivity contribution is 0.851. The summed E-state index contributed by atoms with van der Waals surface area (Å²) >= 11 is 6.40. The quantitative estimate of drug-likeness (QED) is 0.403. The molecule has 3 heterocycles. The summed E-state index contributed by atoms with van der Waals surface area (Å²) in [4.78, 5) is 24.3. The zero-order chi connectivity index (χ0) is 15.0. The molecule has 3 N–H and O–H groups in total. The van der Waals surface area contributed by atoms with E-state index in [1.165, 1.54) is 23.5 Å². The Balaban J connectivity index is 2.10. The number of rotatable bonds is 3. The molecule has 7 nitrogen and oxygen atoms in total. The Morgan fingerprint density at radius 2 is 2.00 bits per heavy atom. The molecular formula is C11H10BrN7S2. The number of nitrogen functional groups attached to an aromatic ring is 1. The van der Waals surface area contributed by atoms with E-state index in [0.717, 1.165) is 20.7 Å². The Kier molecular flexibility index (Phi) is 4.00. The molecule has 3 aromatic rings. The number of hydrogen-bond donors (Lipinski definition) is 2. The van der Waals surface area contributed by atoms with Crippen molar-refractivity contribution in [2.75, 3.05) is 12.0 Å². The van der Waals surface area contributed by atoms with Gasteiger partial charge in [-0.3, -0.25) is 0 Å². The van der Waals surface area contributed by atoms with Crippen LogP contribution in [0.15, 0.2) is 26.0 Å². The standard InChI is InChI=1S/C11H10BrN7S2/c1-4-5(12)8(19-11(16-4)20-2)21-9-6-7(15-3-14-6)17-10(13)18-9/h3H,1-2H3,(H3,13,14,15,17,18). The molecule has 10 heteroatoms. The highest BCUT2D eigenvalue weighted by Gasteiger charge is 2.15. The van der Waals surface area contributed by atoms with Gasteiger partial charge in [0.2, 0.25) is 5.95 Å². The normalized spacial score (nSPS) is 11.2. The predicted molar refractivity (Wildman–Crippen MR) is 86.5 cm³/mol. The maximum atomic E-state index is 5.72. The monoisotopic (exact) mass is 383 g/mol. The van der Waals surface area contributed by atoms with Crippen LogP contribution in [-0.4, -0.2) is 36.2 Å². The van der Waals surface area contributed by atoms with Crippen LogP contribution in [0.25, 0.3) is 11.2 Å². The molecule has 0 radical (unpaired) electrons. The topological polar surface area (TPSA) is 106 Å². The third-order valence-corrected chi connectivity index (χ3v) is 5.35. The maximum absolute atomic E-state index is 5.72. The Bertz CT molecular complexity index is 820. The fraction of sp³-hybridized carbons (Fsp3) is 0.182. The molecule has 0 bridgehead atoms. The molecule has 21 heavy (non-hydrogen) atoms. The summed E-state index contributed by atoms with van der Waals surface area (Å²) in [6, 6.07) is 0. The average molecular weight is 384 g/mol. The summed E-state index contributed by atoms with van der Waals surface area (Å²) in [6.07, 6.45) is 3.50.